The second-order valence-corrected chi connectivity index (χ2v) is 15.1. The number of carbonyl (C=O) groups is 2. The first-order valence-corrected chi connectivity index (χ1v) is 19.4. The summed E-state index contributed by atoms with van der Waals surface area (Å²) in [5.41, 5.74) is 5.21. The van der Waals surface area contributed by atoms with Gasteiger partial charge in [0.1, 0.15) is 11.3 Å². The number of hydrogen-bond donors (Lipinski definition) is 5. The molecule has 0 saturated carbocycles. The maximum atomic E-state index is 14.5. The fraction of sp³-hybridized carbons (Fsp3) is 0.400. The average molecular weight is 803 g/mol. The molecule has 2 aliphatic heterocycles. The summed E-state index contributed by atoms with van der Waals surface area (Å²) in [6.07, 6.45) is 2.47. The predicted molar refractivity (Wildman–Crippen MR) is 208 cm³/mol. The molecule has 0 bridgehead atoms. The molecule has 298 valence electrons. The molecule has 3 aliphatic rings. The molecule has 0 radical (unpaired) electrons. The Morgan fingerprint density at radius 1 is 0.912 bits per heavy atom. The predicted octanol–water partition coefficient (Wildman–Crippen LogP) is 5.61. The molecule has 3 atom stereocenters. The van der Waals surface area contributed by atoms with Crippen LogP contribution in [-0.4, -0.2) is 68.6 Å². The molecule has 0 spiro atoms. The van der Waals surface area contributed by atoms with Crippen molar-refractivity contribution in [3.05, 3.63) is 81.9 Å². The highest BCUT2D eigenvalue weighted by Crippen LogP contribution is 2.44. The maximum absolute atomic E-state index is 14.5. The van der Waals surface area contributed by atoms with Gasteiger partial charge in [0.15, 0.2) is 11.5 Å². The van der Waals surface area contributed by atoms with E-state index >= 15 is 0 Å². The van der Waals surface area contributed by atoms with Gasteiger partial charge in [0.2, 0.25) is 17.7 Å². The summed E-state index contributed by atoms with van der Waals surface area (Å²) < 4.78 is 50.8. The minimum Gasteiger partial charge on any atom is -0.480 e. The zero-order valence-electron chi connectivity index (χ0n) is 31.4. The minimum atomic E-state index is -4.79. The number of fused-ring (bicyclic) bond motifs is 2. The van der Waals surface area contributed by atoms with Crippen LogP contribution in [0.25, 0.3) is 33.5 Å². The number of benzene rings is 1. The monoisotopic (exact) mass is 802 g/mol. The van der Waals surface area contributed by atoms with Gasteiger partial charge in [-0.15, -0.1) is 0 Å². The van der Waals surface area contributed by atoms with Crippen molar-refractivity contribution in [2.45, 2.75) is 75.9 Å². The van der Waals surface area contributed by atoms with Crippen LogP contribution < -0.4 is 31.3 Å². The number of aromatic nitrogens is 5. The molecule has 2 amide bonds. The van der Waals surface area contributed by atoms with E-state index in [2.05, 4.69) is 41.5 Å². The lowest BCUT2D eigenvalue weighted by Gasteiger charge is -2.21. The number of nitrogens with zero attached hydrogens (tertiary/aromatic N) is 5. The molecule has 1 aromatic carbocycles. The van der Waals surface area contributed by atoms with Crippen molar-refractivity contribution in [2.24, 2.45) is 7.05 Å². The highest BCUT2D eigenvalue weighted by Gasteiger charge is 2.39. The normalized spacial score (nSPS) is 19.2. The number of anilines is 1. The quantitative estimate of drug-likeness (QED) is 0.101. The van der Waals surface area contributed by atoms with Gasteiger partial charge in [-0.2, -0.15) is 18.2 Å². The number of hydrogen-bond acceptors (Lipinski definition) is 10. The standard InChI is InChI=1S/C40H42ClF3N10O3/c1-54-20-21(16-45-17-22-6-12-32(55)48-22)24-8-10-30(52-38(24)54)28-14-15-47-35(34(28)41)27-5-3-4-26-25(27)9-11-29(26)51-37-36(40(42,43)44)50-31(39(53-37)57-2)19-46-18-23-7-13-33(56)49-23/h3-5,8,10,14-15,20,22-23,29,45-46H,6-7,9,11-13,16-19H2,1-2H3,(H,48,55)(H,49,56)(H,51,53)/t22-,23-,29+/m1/s1. The Kier molecular flexibility index (Phi) is 10.8. The van der Waals surface area contributed by atoms with E-state index in [0.717, 1.165) is 39.7 Å². The lowest BCUT2D eigenvalue weighted by molar-refractivity contribution is -0.141. The third-order valence-electron chi connectivity index (χ3n) is 10.9. The summed E-state index contributed by atoms with van der Waals surface area (Å²) >= 11 is 7.14. The van der Waals surface area contributed by atoms with Crippen LogP contribution >= 0.6 is 11.6 Å². The van der Waals surface area contributed by atoms with Crippen LogP contribution in [0, 0.1) is 0 Å². The van der Waals surface area contributed by atoms with E-state index in [-0.39, 0.29) is 42.0 Å². The average Bonchev–Trinajstić information content (AvgIpc) is 3.98. The topological polar surface area (TPSA) is 160 Å². The van der Waals surface area contributed by atoms with Crippen LogP contribution in [0.2, 0.25) is 5.02 Å². The molecule has 5 N–H and O–H groups in total. The third kappa shape index (κ3) is 7.98. The van der Waals surface area contributed by atoms with Gasteiger partial charge in [-0.05, 0) is 60.6 Å². The molecule has 8 rings (SSSR count). The van der Waals surface area contributed by atoms with E-state index in [1.165, 1.54) is 7.11 Å². The Bertz CT molecular complexity index is 2350. The highest BCUT2D eigenvalue weighted by molar-refractivity contribution is 6.35. The van der Waals surface area contributed by atoms with Gasteiger partial charge in [0, 0.05) is 87.1 Å². The molecule has 5 aromatic rings. The molecule has 2 fully saturated rings. The molecule has 0 unspecified atom stereocenters. The van der Waals surface area contributed by atoms with Crippen LogP contribution in [0.5, 0.6) is 5.88 Å². The fourth-order valence-electron chi connectivity index (χ4n) is 8.08. The molecule has 2 saturated heterocycles. The number of methoxy groups -OCH3 is 1. The maximum Gasteiger partial charge on any atom is 0.437 e. The Labute approximate surface area is 331 Å². The number of aryl methyl sites for hydroxylation is 1. The summed E-state index contributed by atoms with van der Waals surface area (Å²) in [4.78, 5) is 41.0. The molecule has 57 heavy (non-hydrogen) atoms. The number of rotatable bonds is 13. The number of nitrogens with one attached hydrogen (secondary N) is 5. The van der Waals surface area contributed by atoms with Gasteiger partial charge in [0.25, 0.3) is 0 Å². The van der Waals surface area contributed by atoms with Crippen molar-refractivity contribution in [2.75, 3.05) is 25.5 Å². The van der Waals surface area contributed by atoms with Gasteiger partial charge in [0.05, 0.1) is 29.6 Å². The zero-order chi connectivity index (χ0) is 39.8. The smallest absolute Gasteiger partial charge is 0.437 e. The van der Waals surface area contributed by atoms with E-state index in [4.69, 9.17) is 21.3 Å². The first kappa shape index (κ1) is 38.5. The second kappa shape index (κ2) is 15.9. The van der Waals surface area contributed by atoms with Gasteiger partial charge in [-0.1, -0.05) is 29.8 Å². The number of halogens is 4. The SMILES string of the molecule is COc1nc(N[C@H]2CCc3c(-c4nccc(-c5ccc6c(CNC[C@H]7CCC(=O)N7)cn(C)c6n5)c4Cl)cccc32)c(C(F)(F)F)nc1CNC[C@H]1CCC(=O)N1. The zero-order valence-corrected chi connectivity index (χ0v) is 32.2. The second-order valence-electron chi connectivity index (χ2n) is 14.7. The van der Waals surface area contributed by atoms with Crippen molar-refractivity contribution >= 4 is 40.3 Å². The van der Waals surface area contributed by atoms with Crippen LogP contribution in [0.1, 0.15) is 66.2 Å². The summed E-state index contributed by atoms with van der Waals surface area (Å²) in [5.74, 6) is -0.404. The Morgan fingerprint density at radius 2 is 1.65 bits per heavy atom. The van der Waals surface area contributed by atoms with E-state index in [9.17, 15) is 22.8 Å². The van der Waals surface area contributed by atoms with Crippen molar-refractivity contribution in [3.63, 3.8) is 0 Å². The summed E-state index contributed by atoms with van der Waals surface area (Å²) in [6, 6.07) is 11.0. The third-order valence-corrected chi connectivity index (χ3v) is 11.2. The van der Waals surface area contributed by atoms with E-state index < -0.39 is 23.7 Å². The van der Waals surface area contributed by atoms with Crippen molar-refractivity contribution < 1.29 is 27.5 Å². The lowest BCUT2D eigenvalue weighted by Crippen LogP contribution is -2.35. The Balaban J connectivity index is 1.02. The molecule has 13 nitrogen and oxygen atoms in total. The first-order chi connectivity index (χ1) is 27.5. The van der Waals surface area contributed by atoms with Gasteiger partial charge in [-0.3, -0.25) is 14.6 Å². The molecule has 17 heteroatoms. The molecule has 6 heterocycles. The number of ether oxygens (including phenoxy) is 1. The lowest BCUT2D eigenvalue weighted by atomic mass is 9.98. The van der Waals surface area contributed by atoms with Gasteiger partial charge in [-0.25, -0.2) is 9.97 Å². The molecule has 4 aromatic heterocycles. The number of carbonyl (C=O) groups excluding carboxylic acids is 2. The van der Waals surface area contributed by atoms with Crippen molar-refractivity contribution in [1.82, 2.24) is 45.8 Å². The van der Waals surface area contributed by atoms with Crippen LogP contribution in [0.4, 0.5) is 19.0 Å². The van der Waals surface area contributed by atoms with E-state index in [0.29, 0.717) is 73.7 Å². The van der Waals surface area contributed by atoms with Crippen molar-refractivity contribution in [1.29, 1.82) is 0 Å². The Hall–Kier alpha value is -5.32. The van der Waals surface area contributed by atoms with Crippen LogP contribution in [0.3, 0.4) is 0 Å². The van der Waals surface area contributed by atoms with E-state index in [1.54, 1.807) is 6.20 Å². The fourth-order valence-corrected chi connectivity index (χ4v) is 8.39. The van der Waals surface area contributed by atoms with Crippen molar-refractivity contribution in [3.8, 4) is 28.4 Å². The Morgan fingerprint density at radius 3 is 2.33 bits per heavy atom. The number of amides is 2. The minimum absolute atomic E-state index is 0.0135. The largest absolute Gasteiger partial charge is 0.480 e. The number of pyridine rings is 2. The summed E-state index contributed by atoms with van der Waals surface area (Å²) in [7, 11) is 3.29. The summed E-state index contributed by atoms with van der Waals surface area (Å²) in [5, 5.41) is 16.8. The van der Waals surface area contributed by atoms with Crippen LogP contribution in [0.15, 0.2) is 48.8 Å². The highest BCUT2D eigenvalue weighted by atomic mass is 35.5. The van der Waals surface area contributed by atoms with Gasteiger partial charge >= 0.3 is 6.18 Å². The van der Waals surface area contributed by atoms with Gasteiger partial charge < -0.3 is 35.9 Å². The van der Waals surface area contributed by atoms with E-state index in [1.807, 2.05) is 54.2 Å². The summed E-state index contributed by atoms with van der Waals surface area (Å²) in [6.45, 7) is 1.67. The molecular formula is C40H42ClF3N10O3. The first-order valence-electron chi connectivity index (χ1n) is 19.0. The molecule has 1 aliphatic carbocycles. The molecular weight excluding hydrogens is 761 g/mol. The van der Waals surface area contributed by atoms with Crippen LogP contribution in [-0.2, 0) is 42.3 Å². The number of alkyl halides is 3.